The number of carbonyl (C=O) groups excluding carboxylic acids is 2. The molecular formula is C20H23ClN2O5S. The lowest BCUT2D eigenvalue weighted by Gasteiger charge is -2.19. The van der Waals surface area contributed by atoms with E-state index < -0.39 is 15.9 Å². The highest BCUT2D eigenvalue weighted by Gasteiger charge is 2.22. The van der Waals surface area contributed by atoms with Crippen molar-refractivity contribution in [1.82, 2.24) is 4.31 Å². The van der Waals surface area contributed by atoms with Crippen molar-refractivity contribution in [3.05, 3.63) is 53.1 Å². The molecule has 7 nitrogen and oxygen atoms in total. The van der Waals surface area contributed by atoms with Crippen LogP contribution in [0, 0.1) is 0 Å². The fraction of sp³-hybridized carbons (Fsp3) is 0.300. The van der Waals surface area contributed by atoms with E-state index >= 15 is 0 Å². The molecule has 2 rings (SSSR count). The molecule has 0 spiro atoms. The molecule has 0 saturated carbocycles. The fourth-order valence-electron chi connectivity index (χ4n) is 2.69. The van der Waals surface area contributed by atoms with E-state index in [1.807, 2.05) is 0 Å². The molecule has 0 radical (unpaired) electrons. The highest BCUT2D eigenvalue weighted by molar-refractivity contribution is 7.89. The van der Waals surface area contributed by atoms with Gasteiger partial charge in [0.25, 0.3) is 5.91 Å². The van der Waals surface area contributed by atoms with E-state index in [-0.39, 0.29) is 28.6 Å². The van der Waals surface area contributed by atoms with Gasteiger partial charge in [-0.3, -0.25) is 9.59 Å². The van der Waals surface area contributed by atoms with Gasteiger partial charge in [-0.1, -0.05) is 31.5 Å². The van der Waals surface area contributed by atoms with Gasteiger partial charge in [0.1, 0.15) is 5.75 Å². The Kier molecular flexibility index (Phi) is 7.78. The van der Waals surface area contributed by atoms with Crippen LogP contribution in [0.1, 0.15) is 31.1 Å². The second-order valence-corrected chi connectivity index (χ2v) is 8.53. The third-order valence-electron chi connectivity index (χ3n) is 4.14. The monoisotopic (exact) mass is 438 g/mol. The van der Waals surface area contributed by atoms with Gasteiger partial charge >= 0.3 is 0 Å². The number of amides is 1. The summed E-state index contributed by atoms with van der Waals surface area (Å²) in [6, 6.07) is 10.6. The van der Waals surface area contributed by atoms with Gasteiger partial charge in [0.2, 0.25) is 10.0 Å². The molecule has 0 heterocycles. The minimum atomic E-state index is -3.63. The number of ether oxygens (including phenoxy) is 1. The number of anilines is 1. The van der Waals surface area contributed by atoms with Crippen molar-refractivity contribution in [3.8, 4) is 5.75 Å². The van der Waals surface area contributed by atoms with Crippen LogP contribution in [0.2, 0.25) is 5.02 Å². The Hall–Kier alpha value is -2.42. The first-order valence-electron chi connectivity index (χ1n) is 9.02. The summed E-state index contributed by atoms with van der Waals surface area (Å²) in [6.45, 7) is 5.24. The van der Waals surface area contributed by atoms with Gasteiger partial charge in [-0.2, -0.15) is 4.31 Å². The zero-order valence-electron chi connectivity index (χ0n) is 16.4. The maximum atomic E-state index is 12.6. The number of hydrogen-bond acceptors (Lipinski definition) is 5. The van der Waals surface area contributed by atoms with Crippen molar-refractivity contribution in [2.24, 2.45) is 0 Å². The molecular weight excluding hydrogens is 416 g/mol. The predicted octanol–water partition coefficient (Wildman–Crippen LogP) is 3.59. The van der Waals surface area contributed by atoms with Crippen molar-refractivity contribution < 1.29 is 22.7 Å². The van der Waals surface area contributed by atoms with Crippen LogP contribution in [0.5, 0.6) is 5.75 Å². The molecule has 0 atom stereocenters. The van der Waals surface area contributed by atoms with Crippen LogP contribution in [0.25, 0.3) is 0 Å². The highest BCUT2D eigenvalue weighted by Crippen LogP contribution is 2.24. The topological polar surface area (TPSA) is 92.8 Å². The van der Waals surface area contributed by atoms with Crippen LogP contribution in [-0.4, -0.2) is 44.1 Å². The summed E-state index contributed by atoms with van der Waals surface area (Å²) >= 11 is 5.89. The van der Waals surface area contributed by atoms with Crippen molar-refractivity contribution in [2.75, 3.05) is 25.0 Å². The van der Waals surface area contributed by atoms with E-state index in [1.54, 1.807) is 32.0 Å². The summed E-state index contributed by atoms with van der Waals surface area (Å²) in [7, 11) is -3.63. The SMILES string of the molecule is CCN(CC)S(=O)(=O)c1cccc(NC(=O)COc2ccc(Cl)cc2C(C)=O)c1. The average Bonchev–Trinajstić information content (AvgIpc) is 2.67. The number of halogens is 1. The zero-order chi connectivity index (χ0) is 21.6. The van der Waals surface area contributed by atoms with Crippen LogP contribution in [0.3, 0.4) is 0 Å². The van der Waals surface area contributed by atoms with Gasteiger partial charge in [-0.15, -0.1) is 0 Å². The Bertz CT molecular complexity index is 1000. The van der Waals surface area contributed by atoms with E-state index in [0.29, 0.717) is 23.8 Å². The van der Waals surface area contributed by atoms with Crippen LogP contribution in [0.4, 0.5) is 5.69 Å². The molecule has 1 amide bonds. The molecule has 9 heteroatoms. The van der Waals surface area contributed by atoms with E-state index in [2.05, 4.69) is 5.32 Å². The minimum absolute atomic E-state index is 0.0940. The third-order valence-corrected chi connectivity index (χ3v) is 6.42. The van der Waals surface area contributed by atoms with E-state index in [4.69, 9.17) is 16.3 Å². The quantitative estimate of drug-likeness (QED) is 0.604. The number of nitrogens with one attached hydrogen (secondary N) is 1. The highest BCUT2D eigenvalue weighted by atomic mass is 35.5. The van der Waals surface area contributed by atoms with Gasteiger partial charge in [0, 0.05) is 23.8 Å². The molecule has 156 valence electrons. The van der Waals surface area contributed by atoms with Crippen LogP contribution in [-0.2, 0) is 14.8 Å². The zero-order valence-corrected chi connectivity index (χ0v) is 18.0. The number of nitrogens with zero attached hydrogens (tertiary/aromatic N) is 1. The van der Waals surface area contributed by atoms with E-state index in [1.165, 1.54) is 35.5 Å². The van der Waals surface area contributed by atoms with Gasteiger partial charge < -0.3 is 10.1 Å². The van der Waals surface area contributed by atoms with Crippen LogP contribution >= 0.6 is 11.6 Å². The standard InChI is InChI=1S/C20H23ClN2O5S/c1-4-23(5-2)29(26,27)17-8-6-7-16(12-17)22-20(25)13-28-19-10-9-15(21)11-18(19)14(3)24/h6-12H,4-5,13H2,1-3H3,(H,22,25). The molecule has 0 aliphatic heterocycles. The Balaban J connectivity index is 2.10. The fourth-order valence-corrected chi connectivity index (χ4v) is 4.37. The Morgan fingerprint density at radius 2 is 1.79 bits per heavy atom. The molecule has 0 fully saturated rings. The Morgan fingerprint density at radius 3 is 2.41 bits per heavy atom. The number of hydrogen-bond donors (Lipinski definition) is 1. The molecule has 0 aliphatic rings. The van der Waals surface area contributed by atoms with Crippen molar-refractivity contribution >= 4 is 39.0 Å². The summed E-state index contributed by atoms with van der Waals surface area (Å²) in [5, 5.41) is 2.99. The average molecular weight is 439 g/mol. The molecule has 29 heavy (non-hydrogen) atoms. The molecule has 0 saturated heterocycles. The molecule has 0 bridgehead atoms. The van der Waals surface area contributed by atoms with Crippen LogP contribution < -0.4 is 10.1 Å². The number of sulfonamides is 1. The second-order valence-electron chi connectivity index (χ2n) is 6.15. The summed E-state index contributed by atoms with van der Waals surface area (Å²) in [5.41, 5.74) is 0.604. The number of ketones is 1. The first-order valence-corrected chi connectivity index (χ1v) is 10.8. The molecule has 2 aromatic rings. The number of rotatable bonds is 9. The van der Waals surface area contributed by atoms with Crippen molar-refractivity contribution in [3.63, 3.8) is 0 Å². The maximum Gasteiger partial charge on any atom is 0.262 e. The summed E-state index contributed by atoms with van der Waals surface area (Å²) in [5.74, 6) is -0.487. The normalized spacial score (nSPS) is 11.3. The maximum absolute atomic E-state index is 12.6. The molecule has 2 aromatic carbocycles. The predicted molar refractivity (Wildman–Crippen MR) is 112 cm³/mol. The minimum Gasteiger partial charge on any atom is -0.483 e. The summed E-state index contributed by atoms with van der Waals surface area (Å²) in [6.07, 6.45) is 0. The second kappa shape index (κ2) is 9.87. The molecule has 1 N–H and O–H groups in total. The number of benzene rings is 2. The first kappa shape index (κ1) is 22.9. The van der Waals surface area contributed by atoms with Crippen LogP contribution in [0.15, 0.2) is 47.4 Å². The Labute approximate surface area is 175 Å². The smallest absolute Gasteiger partial charge is 0.262 e. The van der Waals surface area contributed by atoms with Gasteiger partial charge in [-0.25, -0.2) is 8.42 Å². The van der Waals surface area contributed by atoms with Gasteiger partial charge in [0.05, 0.1) is 10.5 Å². The molecule has 0 aromatic heterocycles. The lowest BCUT2D eigenvalue weighted by molar-refractivity contribution is -0.118. The van der Waals surface area contributed by atoms with E-state index in [0.717, 1.165) is 0 Å². The van der Waals surface area contributed by atoms with Crippen molar-refractivity contribution in [2.45, 2.75) is 25.7 Å². The van der Waals surface area contributed by atoms with E-state index in [9.17, 15) is 18.0 Å². The lowest BCUT2D eigenvalue weighted by Crippen LogP contribution is -2.30. The van der Waals surface area contributed by atoms with Gasteiger partial charge in [-0.05, 0) is 43.3 Å². The first-order chi connectivity index (χ1) is 13.7. The number of carbonyl (C=O) groups is 2. The molecule has 0 aliphatic carbocycles. The summed E-state index contributed by atoms with van der Waals surface area (Å²) < 4.78 is 32.0. The number of Topliss-reactive ketones (excluding diaryl/α,β-unsaturated/α-hetero) is 1. The third kappa shape index (κ3) is 5.79. The van der Waals surface area contributed by atoms with Crippen molar-refractivity contribution in [1.29, 1.82) is 0 Å². The molecule has 0 unspecified atom stereocenters. The lowest BCUT2D eigenvalue weighted by atomic mass is 10.1. The Morgan fingerprint density at radius 1 is 1.10 bits per heavy atom. The van der Waals surface area contributed by atoms with Gasteiger partial charge in [0.15, 0.2) is 12.4 Å². The summed E-state index contributed by atoms with van der Waals surface area (Å²) in [4.78, 5) is 24.0. The largest absolute Gasteiger partial charge is 0.483 e.